The van der Waals surface area contributed by atoms with Crippen molar-refractivity contribution >= 4 is 56.2 Å². The highest BCUT2D eigenvalue weighted by Crippen LogP contribution is 2.38. The minimum absolute atomic E-state index is 0.201. The number of hydrogen-bond acceptors (Lipinski definition) is 5. The first-order valence-corrected chi connectivity index (χ1v) is 10.1. The fourth-order valence-corrected chi connectivity index (χ4v) is 4.65. The number of fused-ring (bicyclic) bond motifs is 1. The van der Waals surface area contributed by atoms with E-state index in [-0.39, 0.29) is 12.5 Å². The Morgan fingerprint density at radius 3 is 2.72 bits per heavy atom. The van der Waals surface area contributed by atoms with Gasteiger partial charge in [-0.05, 0) is 42.5 Å². The Kier molecular flexibility index (Phi) is 5.52. The van der Waals surface area contributed by atoms with Gasteiger partial charge in [0.25, 0.3) is 5.91 Å². The third kappa shape index (κ3) is 3.84. The molecule has 5 nitrogen and oxygen atoms in total. The van der Waals surface area contributed by atoms with E-state index in [0.717, 1.165) is 10.1 Å². The van der Waals surface area contributed by atoms with E-state index in [4.69, 9.17) is 32.4 Å². The molecular weight excluding hydrogens is 433 g/mol. The number of nitrogens with one attached hydrogen (secondary N) is 1. The second-order valence-electron chi connectivity index (χ2n) is 6.18. The van der Waals surface area contributed by atoms with Gasteiger partial charge in [-0.1, -0.05) is 29.3 Å². The summed E-state index contributed by atoms with van der Waals surface area (Å²) in [5, 5.41) is 13.9. The van der Waals surface area contributed by atoms with E-state index in [1.165, 1.54) is 11.3 Å². The number of methoxy groups -OCH3 is 1. The first-order chi connectivity index (χ1) is 14.0. The molecule has 2 aromatic carbocycles. The number of halogens is 2. The molecule has 148 valence electrons. The fourth-order valence-electron chi connectivity index (χ4n) is 2.96. The second kappa shape index (κ2) is 8.08. The van der Waals surface area contributed by atoms with Crippen LogP contribution in [-0.2, 0) is 6.61 Å². The van der Waals surface area contributed by atoms with Crippen LogP contribution in [0, 0.1) is 0 Å². The molecule has 0 spiro atoms. The van der Waals surface area contributed by atoms with E-state index in [1.807, 2.05) is 0 Å². The van der Waals surface area contributed by atoms with E-state index in [2.05, 4.69) is 5.32 Å². The van der Waals surface area contributed by atoms with Crippen LogP contribution in [0.2, 0.25) is 10.0 Å². The molecule has 8 heteroatoms. The summed E-state index contributed by atoms with van der Waals surface area (Å²) in [7, 11) is 1.55. The predicted octanol–water partition coefficient (Wildman–Crippen LogP) is 6.22. The van der Waals surface area contributed by atoms with Crippen molar-refractivity contribution < 1.29 is 19.1 Å². The quantitative estimate of drug-likeness (QED) is 0.380. The predicted molar refractivity (Wildman–Crippen MR) is 116 cm³/mol. The third-order valence-electron chi connectivity index (χ3n) is 4.34. The SMILES string of the molecule is COc1ccc(NC(=O)c2sc3cc(Cl)ccc3c2Cl)cc1-c1ccc(CO)o1. The van der Waals surface area contributed by atoms with Crippen molar-refractivity contribution in [2.75, 3.05) is 12.4 Å². The molecule has 0 unspecified atom stereocenters. The van der Waals surface area contributed by atoms with Crippen molar-refractivity contribution in [1.29, 1.82) is 0 Å². The number of thiophene rings is 1. The molecule has 4 rings (SSSR count). The molecule has 2 aromatic heterocycles. The number of hydrogen-bond donors (Lipinski definition) is 2. The van der Waals surface area contributed by atoms with Crippen LogP contribution < -0.4 is 10.1 Å². The van der Waals surface area contributed by atoms with E-state index < -0.39 is 0 Å². The number of carbonyl (C=O) groups is 1. The van der Waals surface area contributed by atoms with Crippen LogP contribution in [0.25, 0.3) is 21.4 Å². The van der Waals surface area contributed by atoms with Gasteiger partial charge in [0.05, 0.1) is 17.7 Å². The summed E-state index contributed by atoms with van der Waals surface area (Å²) in [5.41, 5.74) is 1.21. The lowest BCUT2D eigenvalue weighted by Gasteiger charge is -2.10. The van der Waals surface area contributed by atoms with Gasteiger partial charge in [0.1, 0.15) is 28.8 Å². The number of ether oxygens (including phenoxy) is 1. The minimum atomic E-state index is -0.320. The Morgan fingerprint density at radius 2 is 2.00 bits per heavy atom. The zero-order valence-electron chi connectivity index (χ0n) is 15.2. The zero-order valence-corrected chi connectivity index (χ0v) is 17.5. The van der Waals surface area contributed by atoms with Crippen LogP contribution in [0.1, 0.15) is 15.4 Å². The Hall–Kier alpha value is -2.51. The topological polar surface area (TPSA) is 71.7 Å². The Balaban J connectivity index is 1.66. The summed E-state index contributed by atoms with van der Waals surface area (Å²) >= 11 is 13.7. The third-order valence-corrected chi connectivity index (χ3v) is 6.23. The summed E-state index contributed by atoms with van der Waals surface area (Å²) in [6.45, 7) is -0.201. The molecule has 0 aliphatic rings. The van der Waals surface area contributed by atoms with E-state index in [1.54, 1.807) is 55.6 Å². The van der Waals surface area contributed by atoms with Gasteiger partial charge in [-0.3, -0.25) is 4.79 Å². The molecule has 4 aromatic rings. The smallest absolute Gasteiger partial charge is 0.267 e. The monoisotopic (exact) mass is 447 g/mol. The first-order valence-electron chi connectivity index (χ1n) is 8.57. The van der Waals surface area contributed by atoms with Crippen molar-refractivity contribution in [2.45, 2.75) is 6.61 Å². The van der Waals surface area contributed by atoms with E-state index in [9.17, 15) is 9.90 Å². The van der Waals surface area contributed by atoms with Gasteiger partial charge >= 0.3 is 0 Å². The van der Waals surface area contributed by atoms with Crippen molar-refractivity contribution in [1.82, 2.24) is 0 Å². The van der Waals surface area contributed by atoms with Crippen molar-refractivity contribution in [3.8, 4) is 17.1 Å². The molecule has 0 fully saturated rings. The molecular formula is C21H15Cl2NO4S. The number of anilines is 1. The fraction of sp³-hybridized carbons (Fsp3) is 0.0952. The van der Waals surface area contributed by atoms with Crippen LogP contribution in [0.4, 0.5) is 5.69 Å². The lowest BCUT2D eigenvalue weighted by Crippen LogP contribution is -2.10. The number of benzene rings is 2. The van der Waals surface area contributed by atoms with Gasteiger partial charge in [-0.2, -0.15) is 0 Å². The highest BCUT2D eigenvalue weighted by Gasteiger charge is 2.19. The summed E-state index contributed by atoms with van der Waals surface area (Å²) in [5.74, 6) is 1.22. The normalized spacial score (nSPS) is 11.0. The molecule has 0 bridgehead atoms. The van der Waals surface area contributed by atoms with Crippen LogP contribution in [0.3, 0.4) is 0 Å². The van der Waals surface area contributed by atoms with Crippen LogP contribution in [-0.4, -0.2) is 18.1 Å². The van der Waals surface area contributed by atoms with Gasteiger partial charge in [0, 0.05) is 20.8 Å². The number of carbonyl (C=O) groups excluding carboxylic acids is 1. The first kappa shape index (κ1) is 19.8. The largest absolute Gasteiger partial charge is 0.496 e. The highest BCUT2D eigenvalue weighted by molar-refractivity contribution is 7.21. The summed E-state index contributed by atoms with van der Waals surface area (Å²) in [6, 6.07) is 14.0. The molecule has 0 saturated heterocycles. The van der Waals surface area contributed by atoms with Gasteiger partial charge in [0.15, 0.2) is 0 Å². The molecule has 0 aliphatic carbocycles. The van der Waals surface area contributed by atoms with E-state index in [0.29, 0.717) is 43.4 Å². The Labute approximate surface area is 180 Å². The summed E-state index contributed by atoms with van der Waals surface area (Å²) in [6.07, 6.45) is 0. The summed E-state index contributed by atoms with van der Waals surface area (Å²) in [4.78, 5) is 13.2. The van der Waals surface area contributed by atoms with E-state index >= 15 is 0 Å². The maximum atomic E-state index is 12.8. The highest BCUT2D eigenvalue weighted by atomic mass is 35.5. The Bertz CT molecular complexity index is 1210. The lowest BCUT2D eigenvalue weighted by atomic mass is 10.1. The lowest BCUT2D eigenvalue weighted by molar-refractivity contribution is 0.103. The minimum Gasteiger partial charge on any atom is -0.496 e. The number of furan rings is 1. The van der Waals surface area contributed by atoms with Gasteiger partial charge in [-0.25, -0.2) is 0 Å². The van der Waals surface area contributed by atoms with Gasteiger partial charge in [0.2, 0.25) is 0 Å². The maximum Gasteiger partial charge on any atom is 0.267 e. The Morgan fingerprint density at radius 1 is 1.17 bits per heavy atom. The molecule has 29 heavy (non-hydrogen) atoms. The number of amides is 1. The summed E-state index contributed by atoms with van der Waals surface area (Å²) < 4.78 is 11.8. The second-order valence-corrected chi connectivity index (χ2v) is 8.05. The molecule has 0 saturated carbocycles. The van der Waals surface area contributed by atoms with Crippen LogP contribution in [0.15, 0.2) is 52.9 Å². The molecule has 2 heterocycles. The van der Waals surface area contributed by atoms with Crippen molar-refractivity contribution in [3.63, 3.8) is 0 Å². The maximum absolute atomic E-state index is 12.8. The molecule has 0 atom stereocenters. The van der Waals surface area contributed by atoms with Crippen molar-refractivity contribution in [3.05, 3.63) is 69.2 Å². The average Bonchev–Trinajstić information content (AvgIpc) is 3.32. The van der Waals surface area contributed by atoms with Crippen molar-refractivity contribution in [2.24, 2.45) is 0 Å². The average molecular weight is 448 g/mol. The number of rotatable bonds is 5. The number of aliphatic hydroxyl groups is 1. The molecule has 0 radical (unpaired) electrons. The van der Waals surface area contributed by atoms with Gasteiger partial charge in [-0.15, -0.1) is 11.3 Å². The molecule has 2 N–H and O–H groups in total. The van der Waals surface area contributed by atoms with Gasteiger partial charge < -0.3 is 19.6 Å². The van der Waals surface area contributed by atoms with Crippen LogP contribution >= 0.6 is 34.5 Å². The molecule has 1 amide bonds. The zero-order chi connectivity index (χ0) is 20.5. The standard InChI is InChI=1S/C21H15Cl2NO4S/c1-27-16-6-3-12(9-15(16)17-7-4-13(10-25)28-17)24-21(26)20-19(23)14-5-2-11(22)8-18(14)29-20/h2-9,25H,10H2,1H3,(H,24,26). The number of aliphatic hydroxyl groups excluding tert-OH is 1. The molecule has 0 aliphatic heterocycles. The van der Waals surface area contributed by atoms with Crippen LogP contribution in [0.5, 0.6) is 5.75 Å².